The number of rotatable bonds is 16. The van der Waals surface area contributed by atoms with Gasteiger partial charge < -0.3 is 48.5 Å². The van der Waals surface area contributed by atoms with E-state index in [1.165, 1.54) is 42.7 Å². The normalized spacial score (nSPS) is 10.3. The van der Waals surface area contributed by atoms with Gasteiger partial charge in [0.25, 0.3) is 11.8 Å². The number of carbonyl (C=O) groups excluding carboxylic acids is 2. The van der Waals surface area contributed by atoms with Gasteiger partial charge in [-0.3, -0.25) is 9.59 Å². The maximum absolute atomic E-state index is 12.9. The van der Waals surface area contributed by atoms with Gasteiger partial charge in [-0.15, -0.1) is 0 Å². The summed E-state index contributed by atoms with van der Waals surface area (Å²) in [5.41, 5.74) is 1.81. The van der Waals surface area contributed by atoms with E-state index in [2.05, 4.69) is 10.6 Å². The summed E-state index contributed by atoms with van der Waals surface area (Å²) < 4.78 is 43.8. The number of carbonyl (C=O) groups is 2. The molecule has 0 aromatic heterocycles. The molecular formula is C35H38N2O10. The molecule has 0 radical (unpaired) electrons. The molecule has 0 unspecified atom stereocenters. The van der Waals surface area contributed by atoms with Gasteiger partial charge in [-0.05, 0) is 48.5 Å². The Morgan fingerprint density at radius 1 is 0.468 bits per heavy atom. The average molecular weight is 647 g/mol. The SMILES string of the molecule is COc1cc(OC)cc(C(=O)Nc2ccc(OCCCOc3ccc(NC(=O)c4cc(OC)cc(OC)c4)cc3OC)c(OC)c2)c1. The van der Waals surface area contributed by atoms with Gasteiger partial charge in [-0.2, -0.15) is 0 Å². The minimum absolute atomic E-state index is 0.335. The number of nitrogens with one attached hydrogen (secondary N) is 2. The van der Waals surface area contributed by atoms with E-state index in [0.717, 1.165) is 0 Å². The Labute approximate surface area is 273 Å². The lowest BCUT2D eigenvalue weighted by Gasteiger charge is -2.15. The van der Waals surface area contributed by atoms with Gasteiger partial charge in [0.1, 0.15) is 23.0 Å². The largest absolute Gasteiger partial charge is 0.497 e. The van der Waals surface area contributed by atoms with Crippen LogP contribution < -0.4 is 48.5 Å². The predicted octanol–water partition coefficient (Wildman–Crippen LogP) is 6.09. The third-order valence-corrected chi connectivity index (χ3v) is 6.87. The highest BCUT2D eigenvalue weighted by Gasteiger charge is 2.14. The molecule has 4 aromatic rings. The summed E-state index contributed by atoms with van der Waals surface area (Å²) in [6, 6.07) is 20.1. The molecule has 0 fully saturated rings. The average Bonchev–Trinajstić information content (AvgIpc) is 3.11. The Morgan fingerprint density at radius 2 is 0.830 bits per heavy atom. The Bertz CT molecular complexity index is 1520. The molecule has 4 rings (SSSR count). The van der Waals surface area contributed by atoms with Gasteiger partial charge >= 0.3 is 0 Å². The second kappa shape index (κ2) is 16.5. The fourth-order valence-corrected chi connectivity index (χ4v) is 4.44. The van der Waals surface area contributed by atoms with Crippen molar-refractivity contribution < 1.29 is 47.5 Å². The van der Waals surface area contributed by atoms with Crippen molar-refractivity contribution in [3.8, 4) is 46.0 Å². The van der Waals surface area contributed by atoms with Gasteiger partial charge in [-0.1, -0.05) is 0 Å². The second-order valence-electron chi connectivity index (χ2n) is 9.89. The van der Waals surface area contributed by atoms with Gasteiger partial charge in [0, 0.05) is 53.2 Å². The zero-order valence-corrected chi connectivity index (χ0v) is 27.1. The quantitative estimate of drug-likeness (QED) is 0.138. The monoisotopic (exact) mass is 646 g/mol. The van der Waals surface area contributed by atoms with E-state index in [0.29, 0.717) is 88.1 Å². The van der Waals surface area contributed by atoms with Crippen molar-refractivity contribution >= 4 is 23.2 Å². The number of benzene rings is 4. The van der Waals surface area contributed by atoms with E-state index in [-0.39, 0.29) is 11.8 Å². The summed E-state index contributed by atoms with van der Waals surface area (Å²) in [4.78, 5) is 25.7. The Hall–Kier alpha value is -5.78. The third-order valence-electron chi connectivity index (χ3n) is 6.87. The van der Waals surface area contributed by atoms with Crippen molar-refractivity contribution in [2.24, 2.45) is 0 Å². The Balaban J connectivity index is 1.29. The van der Waals surface area contributed by atoms with Crippen molar-refractivity contribution in [1.82, 2.24) is 0 Å². The number of hydrogen-bond donors (Lipinski definition) is 2. The van der Waals surface area contributed by atoms with Gasteiger partial charge in [-0.25, -0.2) is 0 Å². The summed E-state index contributed by atoms with van der Waals surface area (Å²) in [6.07, 6.45) is 0.554. The first kappa shape index (κ1) is 34.1. The maximum atomic E-state index is 12.9. The van der Waals surface area contributed by atoms with E-state index in [1.54, 1.807) is 72.8 Å². The molecular weight excluding hydrogens is 608 g/mol. The van der Waals surface area contributed by atoms with Crippen LogP contribution in [0.4, 0.5) is 11.4 Å². The summed E-state index contributed by atoms with van der Waals surface area (Å²) in [7, 11) is 9.13. The first-order valence-corrected chi connectivity index (χ1v) is 14.5. The van der Waals surface area contributed by atoms with Gasteiger partial charge in [0.05, 0.1) is 55.9 Å². The topological polar surface area (TPSA) is 132 Å². The van der Waals surface area contributed by atoms with Crippen LogP contribution in [0.25, 0.3) is 0 Å². The van der Waals surface area contributed by atoms with Crippen molar-refractivity contribution in [2.45, 2.75) is 6.42 Å². The standard InChI is InChI=1S/C35H38N2O10/c1-40-26-14-22(15-27(20-26)41-2)34(38)36-24-8-10-30(32(18-24)44-5)46-12-7-13-47-31-11-9-25(19-33(31)45-6)37-35(39)23-16-28(42-3)21-29(17-23)43-4/h8-11,14-21H,7,12-13H2,1-6H3,(H,36,38)(H,37,39). The molecule has 2 N–H and O–H groups in total. The molecule has 0 atom stereocenters. The van der Waals surface area contributed by atoms with Crippen LogP contribution in [0, 0.1) is 0 Å². The van der Waals surface area contributed by atoms with Gasteiger partial charge in [0.15, 0.2) is 23.0 Å². The lowest BCUT2D eigenvalue weighted by molar-refractivity contribution is 0.101. The minimum atomic E-state index is -0.335. The molecule has 2 amide bonds. The summed E-state index contributed by atoms with van der Waals surface area (Å²) in [5, 5.41) is 5.70. The van der Waals surface area contributed by atoms with Crippen LogP contribution in [0.1, 0.15) is 27.1 Å². The molecule has 0 saturated heterocycles. The van der Waals surface area contributed by atoms with Crippen molar-refractivity contribution in [2.75, 3.05) is 66.5 Å². The molecule has 0 aliphatic carbocycles. The zero-order chi connectivity index (χ0) is 33.8. The molecule has 12 nitrogen and oxygen atoms in total. The molecule has 47 heavy (non-hydrogen) atoms. The van der Waals surface area contributed by atoms with Crippen LogP contribution in [0.15, 0.2) is 72.8 Å². The number of hydrogen-bond acceptors (Lipinski definition) is 10. The molecule has 0 heterocycles. The lowest BCUT2D eigenvalue weighted by Crippen LogP contribution is -2.13. The van der Waals surface area contributed by atoms with E-state index in [9.17, 15) is 9.59 Å². The van der Waals surface area contributed by atoms with E-state index in [1.807, 2.05) is 0 Å². The van der Waals surface area contributed by atoms with Crippen molar-refractivity contribution in [3.05, 3.63) is 83.9 Å². The highest BCUT2D eigenvalue weighted by atomic mass is 16.5. The fraction of sp³-hybridized carbons (Fsp3) is 0.257. The predicted molar refractivity (Wildman–Crippen MR) is 177 cm³/mol. The summed E-state index contributed by atoms with van der Waals surface area (Å²) in [6.45, 7) is 0.679. The molecule has 0 bridgehead atoms. The molecule has 0 aliphatic rings. The highest BCUT2D eigenvalue weighted by molar-refractivity contribution is 6.05. The highest BCUT2D eigenvalue weighted by Crippen LogP contribution is 2.33. The second-order valence-corrected chi connectivity index (χ2v) is 9.89. The summed E-state index contributed by atoms with van der Waals surface area (Å²) >= 11 is 0. The first-order chi connectivity index (χ1) is 22.8. The van der Waals surface area contributed by atoms with E-state index in [4.69, 9.17) is 37.9 Å². The molecule has 0 saturated carbocycles. The Morgan fingerprint density at radius 3 is 1.15 bits per heavy atom. The number of anilines is 2. The molecule has 12 heteroatoms. The Kier molecular flexibility index (Phi) is 12.0. The third kappa shape index (κ3) is 9.13. The number of ether oxygens (including phenoxy) is 8. The molecule has 4 aromatic carbocycles. The zero-order valence-electron chi connectivity index (χ0n) is 27.1. The van der Waals surface area contributed by atoms with E-state index < -0.39 is 0 Å². The maximum Gasteiger partial charge on any atom is 0.255 e. The fourth-order valence-electron chi connectivity index (χ4n) is 4.44. The summed E-state index contributed by atoms with van der Waals surface area (Å²) in [5.74, 6) is 3.29. The van der Waals surface area contributed by atoms with Crippen LogP contribution in [-0.2, 0) is 0 Å². The van der Waals surface area contributed by atoms with Gasteiger partial charge in [0.2, 0.25) is 0 Å². The number of methoxy groups -OCH3 is 6. The van der Waals surface area contributed by atoms with Crippen molar-refractivity contribution in [3.63, 3.8) is 0 Å². The first-order valence-electron chi connectivity index (χ1n) is 14.5. The van der Waals surface area contributed by atoms with Crippen LogP contribution in [0.5, 0.6) is 46.0 Å². The van der Waals surface area contributed by atoms with Crippen LogP contribution in [-0.4, -0.2) is 67.7 Å². The van der Waals surface area contributed by atoms with Crippen molar-refractivity contribution in [1.29, 1.82) is 0 Å². The number of amides is 2. The minimum Gasteiger partial charge on any atom is -0.497 e. The molecule has 0 spiro atoms. The smallest absolute Gasteiger partial charge is 0.255 e. The van der Waals surface area contributed by atoms with Crippen LogP contribution in [0.3, 0.4) is 0 Å². The van der Waals surface area contributed by atoms with Crippen LogP contribution >= 0.6 is 0 Å². The molecule has 248 valence electrons. The lowest BCUT2D eigenvalue weighted by atomic mass is 10.1. The molecule has 0 aliphatic heterocycles. The van der Waals surface area contributed by atoms with E-state index >= 15 is 0 Å². The van der Waals surface area contributed by atoms with Crippen LogP contribution in [0.2, 0.25) is 0 Å².